The third-order valence-corrected chi connectivity index (χ3v) is 2.79. The summed E-state index contributed by atoms with van der Waals surface area (Å²) in [6.07, 6.45) is 4.83. The third kappa shape index (κ3) is 2.67. The summed E-state index contributed by atoms with van der Waals surface area (Å²) in [5.41, 5.74) is 0. The summed E-state index contributed by atoms with van der Waals surface area (Å²) >= 11 is 0. The number of aromatic amines is 1. The second-order valence-electron chi connectivity index (χ2n) is 2.39. The normalized spacial score (nSPS) is 11.4. The number of aromatic nitrogens is 2. The van der Waals surface area contributed by atoms with Crippen LogP contribution in [-0.2, 0) is 10.0 Å². The van der Waals surface area contributed by atoms with Gasteiger partial charge < -0.3 is 4.98 Å². The average molecular weight is 201 g/mol. The van der Waals surface area contributed by atoms with E-state index in [1.165, 1.54) is 12.5 Å². The van der Waals surface area contributed by atoms with Gasteiger partial charge in [-0.3, -0.25) is 0 Å². The Hall–Kier alpha value is -1.14. The van der Waals surface area contributed by atoms with Gasteiger partial charge in [0.1, 0.15) is 0 Å². The first-order chi connectivity index (χ1) is 6.17. The number of hydrogen-bond acceptors (Lipinski definition) is 3. The number of imidazole rings is 1. The van der Waals surface area contributed by atoms with E-state index in [2.05, 4.69) is 21.3 Å². The molecule has 0 aromatic carbocycles. The Labute approximate surface area is 76.9 Å². The van der Waals surface area contributed by atoms with E-state index in [0.717, 1.165) is 0 Å². The summed E-state index contributed by atoms with van der Waals surface area (Å²) in [6.45, 7) is 3.84. The molecular weight excluding hydrogens is 190 g/mol. The van der Waals surface area contributed by atoms with Crippen LogP contribution in [0.25, 0.3) is 0 Å². The van der Waals surface area contributed by atoms with Crippen LogP contribution in [-0.4, -0.2) is 24.9 Å². The van der Waals surface area contributed by atoms with Crippen LogP contribution in [0, 0.1) is 0 Å². The van der Waals surface area contributed by atoms with Crippen molar-refractivity contribution in [3.63, 3.8) is 0 Å². The van der Waals surface area contributed by atoms with E-state index < -0.39 is 10.0 Å². The van der Waals surface area contributed by atoms with Crippen molar-refractivity contribution in [1.29, 1.82) is 0 Å². The fraction of sp³-hybridized carbons (Fsp3) is 0.286. The summed E-state index contributed by atoms with van der Waals surface area (Å²) in [5.74, 6) is 0. The molecule has 1 aromatic heterocycles. The lowest BCUT2D eigenvalue weighted by molar-refractivity contribution is 0.579. The molecule has 0 amide bonds. The zero-order valence-corrected chi connectivity index (χ0v) is 7.84. The van der Waals surface area contributed by atoms with Crippen LogP contribution in [0.1, 0.15) is 6.42 Å². The van der Waals surface area contributed by atoms with Crippen LogP contribution >= 0.6 is 0 Å². The molecule has 1 rings (SSSR count). The summed E-state index contributed by atoms with van der Waals surface area (Å²) in [6, 6.07) is 0. The standard InChI is InChI=1S/C7H11N3O2S/c1-2-3-4-10-13(11,12)7-5-8-6-9-7/h2,5-6,10H,1,3-4H2,(H,8,9). The molecule has 1 heterocycles. The summed E-state index contributed by atoms with van der Waals surface area (Å²) in [7, 11) is -3.41. The van der Waals surface area contributed by atoms with Crippen LogP contribution < -0.4 is 4.72 Å². The highest BCUT2D eigenvalue weighted by Gasteiger charge is 2.13. The molecule has 1 aromatic rings. The Balaban J connectivity index is 2.62. The predicted molar refractivity (Wildman–Crippen MR) is 48.6 cm³/mol. The Morgan fingerprint density at radius 3 is 3.00 bits per heavy atom. The lowest BCUT2D eigenvalue weighted by atomic mass is 10.4. The van der Waals surface area contributed by atoms with Gasteiger partial charge in [0.05, 0.1) is 12.5 Å². The van der Waals surface area contributed by atoms with Gasteiger partial charge in [-0.1, -0.05) is 6.08 Å². The van der Waals surface area contributed by atoms with Crippen LogP contribution in [0.3, 0.4) is 0 Å². The fourth-order valence-electron chi connectivity index (χ4n) is 0.763. The lowest BCUT2D eigenvalue weighted by Gasteiger charge is -2.01. The van der Waals surface area contributed by atoms with Gasteiger partial charge in [-0.2, -0.15) is 0 Å². The number of sulfonamides is 1. The van der Waals surface area contributed by atoms with E-state index >= 15 is 0 Å². The molecule has 0 radical (unpaired) electrons. The maximum atomic E-state index is 11.4. The van der Waals surface area contributed by atoms with E-state index in [9.17, 15) is 8.42 Å². The maximum absolute atomic E-state index is 11.4. The minimum absolute atomic E-state index is 0.0802. The Morgan fingerprint density at radius 1 is 1.69 bits per heavy atom. The maximum Gasteiger partial charge on any atom is 0.257 e. The molecule has 0 saturated heterocycles. The molecule has 0 unspecified atom stereocenters. The van der Waals surface area contributed by atoms with Gasteiger partial charge >= 0.3 is 0 Å². The SMILES string of the molecule is C=CCCNS(=O)(=O)c1cnc[nH]1. The number of nitrogens with one attached hydrogen (secondary N) is 2. The first-order valence-corrected chi connectivity index (χ1v) is 5.24. The molecule has 0 fully saturated rings. The van der Waals surface area contributed by atoms with Crippen molar-refractivity contribution in [2.45, 2.75) is 11.4 Å². The number of nitrogens with zero attached hydrogens (tertiary/aromatic N) is 1. The minimum atomic E-state index is -3.41. The van der Waals surface area contributed by atoms with Crippen molar-refractivity contribution < 1.29 is 8.42 Å². The quantitative estimate of drug-likeness (QED) is 0.530. The Morgan fingerprint density at radius 2 is 2.46 bits per heavy atom. The number of H-pyrrole nitrogens is 1. The van der Waals surface area contributed by atoms with E-state index in [1.807, 2.05) is 0 Å². The van der Waals surface area contributed by atoms with E-state index in [0.29, 0.717) is 13.0 Å². The Kier molecular flexibility index (Phi) is 3.21. The highest BCUT2D eigenvalue weighted by Crippen LogP contribution is 2.01. The molecule has 0 bridgehead atoms. The number of hydrogen-bond donors (Lipinski definition) is 2. The smallest absolute Gasteiger partial charge is 0.257 e. The van der Waals surface area contributed by atoms with E-state index in [1.54, 1.807) is 6.08 Å². The molecule has 6 heteroatoms. The third-order valence-electron chi connectivity index (χ3n) is 1.40. The number of rotatable bonds is 5. The van der Waals surface area contributed by atoms with Crippen molar-refractivity contribution in [2.75, 3.05) is 6.54 Å². The Bertz CT molecular complexity index is 355. The summed E-state index contributed by atoms with van der Waals surface area (Å²) < 4.78 is 25.1. The topological polar surface area (TPSA) is 74.8 Å². The van der Waals surface area contributed by atoms with Crippen LogP contribution in [0.2, 0.25) is 0 Å². The van der Waals surface area contributed by atoms with Gasteiger partial charge in [0, 0.05) is 6.54 Å². The van der Waals surface area contributed by atoms with Gasteiger partial charge in [0.2, 0.25) is 0 Å². The van der Waals surface area contributed by atoms with E-state index in [4.69, 9.17) is 0 Å². The van der Waals surface area contributed by atoms with Crippen molar-refractivity contribution in [3.05, 3.63) is 25.2 Å². The average Bonchev–Trinajstić information content (AvgIpc) is 2.56. The summed E-state index contributed by atoms with van der Waals surface area (Å²) in [5, 5.41) is 0.0802. The first kappa shape index (κ1) is 9.94. The molecule has 13 heavy (non-hydrogen) atoms. The predicted octanol–water partition coefficient (Wildman–Crippen LogP) is 0.264. The lowest BCUT2D eigenvalue weighted by Crippen LogP contribution is -2.24. The highest BCUT2D eigenvalue weighted by molar-refractivity contribution is 7.89. The van der Waals surface area contributed by atoms with Crippen molar-refractivity contribution in [2.24, 2.45) is 0 Å². The fourth-order valence-corrected chi connectivity index (χ4v) is 1.71. The second kappa shape index (κ2) is 4.20. The largest absolute Gasteiger partial charge is 0.335 e. The highest BCUT2D eigenvalue weighted by atomic mass is 32.2. The van der Waals surface area contributed by atoms with E-state index in [-0.39, 0.29) is 5.03 Å². The van der Waals surface area contributed by atoms with Crippen molar-refractivity contribution in [1.82, 2.24) is 14.7 Å². The first-order valence-electron chi connectivity index (χ1n) is 3.76. The zero-order chi connectivity index (χ0) is 9.73. The van der Waals surface area contributed by atoms with Crippen molar-refractivity contribution >= 4 is 10.0 Å². The molecular formula is C7H11N3O2S. The van der Waals surface area contributed by atoms with Gasteiger partial charge in [0.25, 0.3) is 10.0 Å². The molecule has 0 spiro atoms. The van der Waals surface area contributed by atoms with Gasteiger partial charge in [-0.25, -0.2) is 18.1 Å². The molecule has 0 aliphatic rings. The second-order valence-corrected chi connectivity index (χ2v) is 4.13. The van der Waals surface area contributed by atoms with Crippen LogP contribution in [0.5, 0.6) is 0 Å². The molecule has 0 aliphatic heterocycles. The summed E-state index contributed by atoms with van der Waals surface area (Å²) in [4.78, 5) is 6.14. The van der Waals surface area contributed by atoms with Crippen LogP contribution in [0.4, 0.5) is 0 Å². The minimum Gasteiger partial charge on any atom is -0.335 e. The van der Waals surface area contributed by atoms with Crippen LogP contribution in [0.15, 0.2) is 30.2 Å². The van der Waals surface area contributed by atoms with Gasteiger partial charge in [-0.15, -0.1) is 6.58 Å². The monoisotopic (exact) mass is 201 g/mol. The van der Waals surface area contributed by atoms with Gasteiger partial charge in [0.15, 0.2) is 5.03 Å². The molecule has 0 atom stereocenters. The molecule has 0 aliphatic carbocycles. The zero-order valence-electron chi connectivity index (χ0n) is 7.03. The molecule has 5 nitrogen and oxygen atoms in total. The molecule has 2 N–H and O–H groups in total. The van der Waals surface area contributed by atoms with Gasteiger partial charge in [-0.05, 0) is 6.42 Å². The van der Waals surface area contributed by atoms with Crippen molar-refractivity contribution in [3.8, 4) is 0 Å². The molecule has 72 valence electrons. The molecule has 0 saturated carbocycles.